The van der Waals surface area contributed by atoms with E-state index in [0.29, 0.717) is 6.54 Å². The molecule has 0 spiro atoms. The lowest BCUT2D eigenvalue weighted by Crippen LogP contribution is -2.24. The first-order valence-corrected chi connectivity index (χ1v) is 8.12. The van der Waals surface area contributed by atoms with Crippen molar-refractivity contribution in [3.63, 3.8) is 0 Å². The van der Waals surface area contributed by atoms with Gasteiger partial charge in [-0.1, -0.05) is 25.0 Å². The van der Waals surface area contributed by atoms with Crippen molar-refractivity contribution >= 4 is 23.7 Å². The lowest BCUT2D eigenvalue weighted by molar-refractivity contribution is -0.116. The molecule has 1 saturated carbocycles. The molecular weight excluding hydrogens is 273 g/mol. The van der Waals surface area contributed by atoms with Crippen molar-refractivity contribution in [3.05, 3.63) is 41.7 Å². The summed E-state index contributed by atoms with van der Waals surface area (Å²) in [5.41, 5.74) is 0.821. The molecule has 1 fully saturated rings. The summed E-state index contributed by atoms with van der Waals surface area (Å²) in [6, 6.07) is 6.07. The third-order valence-corrected chi connectivity index (χ3v) is 4.74. The lowest BCUT2D eigenvalue weighted by atomic mass is 10.2. The second-order valence-electron chi connectivity index (χ2n) is 4.95. The molecule has 2 nitrogen and oxygen atoms in total. The Morgan fingerprint density at radius 3 is 2.70 bits per heavy atom. The van der Waals surface area contributed by atoms with E-state index in [2.05, 4.69) is 5.32 Å². The predicted molar refractivity (Wildman–Crippen MR) is 83.2 cm³/mol. The van der Waals surface area contributed by atoms with E-state index in [1.807, 2.05) is 11.8 Å². The summed E-state index contributed by atoms with van der Waals surface area (Å²) in [7, 11) is 0. The SMILES string of the molecule is O=C(/C=C/c1ccc(F)cc1)NCCSC1CCCC1. The number of halogens is 1. The molecule has 0 aliphatic heterocycles. The summed E-state index contributed by atoms with van der Waals surface area (Å²) in [5, 5.41) is 3.66. The van der Waals surface area contributed by atoms with E-state index in [4.69, 9.17) is 0 Å². The molecule has 0 atom stereocenters. The van der Waals surface area contributed by atoms with Crippen LogP contribution in [0.3, 0.4) is 0 Å². The molecule has 108 valence electrons. The molecule has 1 aromatic carbocycles. The van der Waals surface area contributed by atoms with Crippen molar-refractivity contribution in [3.8, 4) is 0 Å². The number of thioether (sulfide) groups is 1. The Morgan fingerprint density at radius 2 is 2.00 bits per heavy atom. The van der Waals surface area contributed by atoms with Crippen molar-refractivity contribution in [2.75, 3.05) is 12.3 Å². The summed E-state index contributed by atoms with van der Waals surface area (Å²) < 4.78 is 12.7. The minimum absolute atomic E-state index is 0.0960. The smallest absolute Gasteiger partial charge is 0.244 e. The number of nitrogens with one attached hydrogen (secondary N) is 1. The van der Waals surface area contributed by atoms with Crippen LogP contribution in [0, 0.1) is 5.82 Å². The van der Waals surface area contributed by atoms with Crippen molar-refractivity contribution in [1.82, 2.24) is 5.32 Å². The highest BCUT2D eigenvalue weighted by molar-refractivity contribution is 7.99. The normalized spacial score (nSPS) is 15.8. The minimum atomic E-state index is -0.268. The number of hydrogen-bond donors (Lipinski definition) is 1. The zero-order valence-corrected chi connectivity index (χ0v) is 12.3. The van der Waals surface area contributed by atoms with E-state index in [-0.39, 0.29) is 11.7 Å². The van der Waals surface area contributed by atoms with Gasteiger partial charge in [0.1, 0.15) is 5.82 Å². The molecule has 1 aromatic rings. The molecule has 0 heterocycles. The summed E-state index contributed by atoms with van der Waals surface area (Å²) in [6.45, 7) is 0.702. The number of hydrogen-bond acceptors (Lipinski definition) is 2. The van der Waals surface area contributed by atoms with Crippen molar-refractivity contribution in [2.24, 2.45) is 0 Å². The molecule has 1 aliphatic rings. The molecule has 2 rings (SSSR count). The van der Waals surface area contributed by atoms with Gasteiger partial charge >= 0.3 is 0 Å². The molecule has 1 amide bonds. The quantitative estimate of drug-likeness (QED) is 0.641. The van der Waals surface area contributed by atoms with Crippen LogP contribution in [0.2, 0.25) is 0 Å². The number of carbonyl (C=O) groups is 1. The predicted octanol–water partition coefficient (Wildman–Crippen LogP) is 3.63. The summed E-state index contributed by atoms with van der Waals surface area (Å²) in [6.07, 6.45) is 8.54. The molecule has 0 aromatic heterocycles. The van der Waals surface area contributed by atoms with E-state index in [1.165, 1.54) is 43.9 Å². The molecule has 0 bridgehead atoms. The summed E-state index contributed by atoms with van der Waals surface area (Å²) in [4.78, 5) is 11.6. The van der Waals surface area contributed by atoms with E-state index < -0.39 is 0 Å². The monoisotopic (exact) mass is 293 g/mol. The van der Waals surface area contributed by atoms with E-state index in [0.717, 1.165) is 16.6 Å². The van der Waals surface area contributed by atoms with Gasteiger partial charge in [-0.3, -0.25) is 4.79 Å². The van der Waals surface area contributed by atoms with Gasteiger partial charge in [0.2, 0.25) is 5.91 Å². The lowest BCUT2D eigenvalue weighted by Gasteiger charge is -2.08. The van der Waals surface area contributed by atoms with Gasteiger partial charge in [0, 0.05) is 23.6 Å². The van der Waals surface area contributed by atoms with E-state index in [1.54, 1.807) is 18.2 Å². The van der Waals surface area contributed by atoms with Gasteiger partial charge in [-0.25, -0.2) is 4.39 Å². The fourth-order valence-electron chi connectivity index (χ4n) is 2.26. The Bertz CT molecular complexity index is 452. The van der Waals surface area contributed by atoms with Crippen molar-refractivity contribution < 1.29 is 9.18 Å². The second kappa shape index (κ2) is 8.10. The number of amides is 1. The van der Waals surface area contributed by atoms with Crippen LogP contribution >= 0.6 is 11.8 Å². The molecule has 0 saturated heterocycles. The maximum absolute atomic E-state index is 12.7. The standard InChI is InChI=1S/C16H20FNOS/c17-14-8-5-13(6-9-14)7-10-16(19)18-11-12-20-15-3-1-2-4-15/h5-10,15H,1-4,11-12H2,(H,18,19)/b10-7+. The number of carbonyl (C=O) groups excluding carboxylic acids is 1. The molecule has 0 unspecified atom stereocenters. The molecule has 1 N–H and O–H groups in total. The maximum atomic E-state index is 12.7. The van der Waals surface area contributed by atoms with Crippen LogP contribution in [-0.4, -0.2) is 23.5 Å². The fraction of sp³-hybridized carbons (Fsp3) is 0.438. The van der Waals surface area contributed by atoms with Crippen LogP contribution in [0.5, 0.6) is 0 Å². The highest BCUT2D eigenvalue weighted by Crippen LogP contribution is 2.28. The van der Waals surface area contributed by atoms with E-state index in [9.17, 15) is 9.18 Å². The maximum Gasteiger partial charge on any atom is 0.244 e. The van der Waals surface area contributed by atoms with Gasteiger partial charge in [-0.05, 0) is 36.6 Å². The van der Waals surface area contributed by atoms with Gasteiger partial charge in [-0.15, -0.1) is 0 Å². The first-order valence-electron chi connectivity index (χ1n) is 7.07. The van der Waals surface area contributed by atoms with Gasteiger partial charge in [-0.2, -0.15) is 11.8 Å². The Balaban J connectivity index is 1.63. The second-order valence-corrected chi connectivity index (χ2v) is 6.36. The average Bonchev–Trinajstić information content (AvgIpc) is 2.96. The average molecular weight is 293 g/mol. The zero-order chi connectivity index (χ0) is 14.2. The van der Waals surface area contributed by atoms with Crippen molar-refractivity contribution in [1.29, 1.82) is 0 Å². The van der Waals surface area contributed by atoms with Crippen LogP contribution < -0.4 is 5.32 Å². The van der Waals surface area contributed by atoms with Crippen LogP contribution in [0.15, 0.2) is 30.3 Å². The molecular formula is C16H20FNOS. The third-order valence-electron chi connectivity index (χ3n) is 3.35. The summed E-state index contributed by atoms with van der Waals surface area (Å²) >= 11 is 1.96. The van der Waals surface area contributed by atoms with Gasteiger partial charge in [0.15, 0.2) is 0 Å². The van der Waals surface area contributed by atoms with Crippen molar-refractivity contribution in [2.45, 2.75) is 30.9 Å². The third kappa shape index (κ3) is 5.37. The Hall–Kier alpha value is -1.29. The summed E-state index contributed by atoms with van der Waals surface area (Å²) in [5.74, 6) is 0.609. The first kappa shape index (κ1) is 15.1. The fourth-order valence-corrected chi connectivity index (χ4v) is 3.48. The molecule has 1 aliphatic carbocycles. The number of rotatable bonds is 6. The van der Waals surface area contributed by atoms with E-state index >= 15 is 0 Å². The first-order chi connectivity index (χ1) is 9.74. The van der Waals surface area contributed by atoms with Gasteiger partial charge in [0.25, 0.3) is 0 Å². The molecule has 4 heteroatoms. The van der Waals surface area contributed by atoms with Crippen LogP contribution in [0.1, 0.15) is 31.2 Å². The Kier molecular flexibility index (Phi) is 6.12. The molecule has 0 radical (unpaired) electrons. The number of benzene rings is 1. The Morgan fingerprint density at radius 1 is 1.30 bits per heavy atom. The highest BCUT2D eigenvalue weighted by Gasteiger charge is 2.14. The van der Waals surface area contributed by atoms with Crippen LogP contribution in [0.25, 0.3) is 6.08 Å². The van der Waals surface area contributed by atoms with Gasteiger partial charge in [0.05, 0.1) is 0 Å². The zero-order valence-electron chi connectivity index (χ0n) is 11.5. The minimum Gasteiger partial charge on any atom is -0.352 e. The molecule has 20 heavy (non-hydrogen) atoms. The topological polar surface area (TPSA) is 29.1 Å². The largest absolute Gasteiger partial charge is 0.352 e. The van der Waals surface area contributed by atoms with Crippen LogP contribution in [0.4, 0.5) is 4.39 Å². The Labute approximate surface area is 123 Å². The highest BCUT2D eigenvalue weighted by atomic mass is 32.2. The van der Waals surface area contributed by atoms with Crippen LogP contribution in [-0.2, 0) is 4.79 Å². The van der Waals surface area contributed by atoms with Gasteiger partial charge < -0.3 is 5.32 Å².